The van der Waals surface area contributed by atoms with E-state index in [1.165, 1.54) is 7.11 Å². The molecule has 0 spiro atoms. The molecule has 0 atom stereocenters. The van der Waals surface area contributed by atoms with Crippen molar-refractivity contribution in [3.8, 4) is 0 Å². The normalized spacial score (nSPS) is 10.1. The van der Waals surface area contributed by atoms with Gasteiger partial charge >= 0.3 is 5.97 Å². The molecule has 0 aliphatic rings. The Kier molecular flexibility index (Phi) is 6.21. The number of hydrogen-bond donors (Lipinski definition) is 2. The molecule has 2 N–H and O–H groups in total. The van der Waals surface area contributed by atoms with Crippen molar-refractivity contribution >= 4 is 40.5 Å². The maximum absolute atomic E-state index is 11.6. The van der Waals surface area contributed by atoms with Gasteiger partial charge in [-0.2, -0.15) is 0 Å². The van der Waals surface area contributed by atoms with E-state index in [0.717, 1.165) is 17.8 Å². The Balaban J connectivity index is 2.11. The number of ether oxygens (including phenoxy) is 1. The number of anilines is 3. The highest BCUT2D eigenvalue weighted by molar-refractivity contribution is 6.33. The van der Waals surface area contributed by atoms with Crippen molar-refractivity contribution in [3.05, 3.63) is 53.1 Å². The van der Waals surface area contributed by atoms with Gasteiger partial charge in [0.25, 0.3) is 0 Å². The Labute approximate surface area is 146 Å². The lowest BCUT2D eigenvalue weighted by Gasteiger charge is -2.11. The minimum atomic E-state index is -0.427. The van der Waals surface area contributed by atoms with Gasteiger partial charge in [0.2, 0.25) is 5.91 Å². The first-order valence-electron chi connectivity index (χ1n) is 7.58. The fourth-order valence-corrected chi connectivity index (χ4v) is 2.27. The predicted octanol–water partition coefficient (Wildman–Crippen LogP) is 4.61. The highest BCUT2D eigenvalue weighted by Crippen LogP contribution is 2.27. The number of hydrogen-bond acceptors (Lipinski definition) is 4. The van der Waals surface area contributed by atoms with Crippen molar-refractivity contribution in [2.75, 3.05) is 17.7 Å². The van der Waals surface area contributed by atoms with Gasteiger partial charge in [-0.1, -0.05) is 18.5 Å². The van der Waals surface area contributed by atoms with Crippen molar-refractivity contribution in [1.82, 2.24) is 0 Å². The zero-order valence-electron chi connectivity index (χ0n) is 13.6. The summed E-state index contributed by atoms with van der Waals surface area (Å²) in [6.45, 7) is 1.96. The van der Waals surface area contributed by atoms with E-state index in [0.29, 0.717) is 22.7 Å². The summed E-state index contributed by atoms with van der Waals surface area (Å²) < 4.78 is 4.70. The highest BCUT2D eigenvalue weighted by Gasteiger charge is 2.09. The topological polar surface area (TPSA) is 67.4 Å². The van der Waals surface area contributed by atoms with Gasteiger partial charge in [0.15, 0.2) is 0 Å². The molecule has 24 heavy (non-hydrogen) atoms. The Morgan fingerprint density at radius 1 is 1.08 bits per heavy atom. The summed E-state index contributed by atoms with van der Waals surface area (Å²) >= 11 is 6.16. The van der Waals surface area contributed by atoms with Crippen molar-refractivity contribution in [2.24, 2.45) is 0 Å². The number of halogens is 1. The lowest BCUT2D eigenvalue weighted by Crippen LogP contribution is -2.10. The lowest BCUT2D eigenvalue weighted by molar-refractivity contribution is -0.116. The third-order valence-corrected chi connectivity index (χ3v) is 3.64. The molecule has 1 amide bonds. The number of methoxy groups -OCH3 is 1. The van der Waals surface area contributed by atoms with Crippen LogP contribution >= 0.6 is 11.6 Å². The summed E-state index contributed by atoms with van der Waals surface area (Å²) in [6.07, 6.45) is 1.30. The molecule has 0 heterocycles. The summed E-state index contributed by atoms with van der Waals surface area (Å²) in [6, 6.07) is 12.1. The predicted molar refractivity (Wildman–Crippen MR) is 96.1 cm³/mol. The number of esters is 1. The molecule has 0 aliphatic heterocycles. The molecule has 0 saturated heterocycles. The molecule has 2 aromatic rings. The fourth-order valence-electron chi connectivity index (χ4n) is 2.11. The fraction of sp³-hybridized carbons (Fsp3) is 0.222. The summed E-state index contributed by atoms with van der Waals surface area (Å²) in [4.78, 5) is 23.2. The van der Waals surface area contributed by atoms with Crippen LogP contribution in [0.2, 0.25) is 5.02 Å². The molecule has 0 aliphatic carbocycles. The summed E-state index contributed by atoms with van der Waals surface area (Å²) in [5.74, 6) is -0.435. The summed E-state index contributed by atoms with van der Waals surface area (Å²) in [7, 11) is 1.33. The maximum atomic E-state index is 11.6. The van der Waals surface area contributed by atoms with Crippen molar-refractivity contribution in [1.29, 1.82) is 0 Å². The third-order valence-electron chi connectivity index (χ3n) is 3.31. The van der Waals surface area contributed by atoms with E-state index in [4.69, 9.17) is 16.3 Å². The maximum Gasteiger partial charge on any atom is 0.337 e. The van der Waals surface area contributed by atoms with Crippen molar-refractivity contribution in [3.63, 3.8) is 0 Å². The Bertz CT molecular complexity index is 730. The SMILES string of the molecule is CCCC(=O)Nc1ccc(Nc2cc(C(=O)OC)ccc2Cl)cc1. The van der Waals surface area contributed by atoms with Crippen LogP contribution in [0.25, 0.3) is 0 Å². The molecular weight excluding hydrogens is 328 g/mol. The van der Waals surface area contributed by atoms with Gasteiger partial charge in [0.1, 0.15) is 0 Å². The van der Waals surface area contributed by atoms with E-state index in [2.05, 4.69) is 10.6 Å². The molecule has 0 fully saturated rings. The van der Waals surface area contributed by atoms with Crippen LogP contribution in [0.3, 0.4) is 0 Å². The van der Waals surface area contributed by atoms with E-state index in [-0.39, 0.29) is 5.91 Å². The first kappa shape index (κ1) is 17.8. The third kappa shape index (κ3) is 4.73. The van der Waals surface area contributed by atoms with Gasteiger partial charge in [-0.15, -0.1) is 0 Å². The molecule has 0 unspecified atom stereocenters. The molecule has 6 heteroatoms. The van der Waals surface area contributed by atoms with Gasteiger partial charge in [-0.3, -0.25) is 4.79 Å². The van der Waals surface area contributed by atoms with Crippen LogP contribution in [-0.4, -0.2) is 19.0 Å². The Morgan fingerprint density at radius 2 is 1.75 bits per heavy atom. The molecule has 5 nitrogen and oxygen atoms in total. The number of carbonyl (C=O) groups excluding carboxylic acids is 2. The second-order valence-electron chi connectivity index (χ2n) is 5.19. The molecule has 126 valence electrons. The number of amides is 1. The number of nitrogens with one attached hydrogen (secondary N) is 2. The number of benzene rings is 2. The van der Waals surface area contributed by atoms with E-state index >= 15 is 0 Å². The molecule has 0 bridgehead atoms. The molecule has 2 aromatic carbocycles. The van der Waals surface area contributed by atoms with Gasteiger partial charge in [-0.25, -0.2) is 4.79 Å². The van der Waals surface area contributed by atoms with Crippen LogP contribution in [-0.2, 0) is 9.53 Å². The standard InChI is InChI=1S/C18H19ClN2O3/c1-3-4-17(22)21-14-8-6-13(7-9-14)20-16-11-12(18(23)24-2)5-10-15(16)19/h5-11,20H,3-4H2,1-2H3,(H,21,22). The lowest BCUT2D eigenvalue weighted by atomic mass is 10.2. The van der Waals surface area contributed by atoms with E-state index < -0.39 is 5.97 Å². The summed E-state index contributed by atoms with van der Waals surface area (Å²) in [5, 5.41) is 6.46. The van der Waals surface area contributed by atoms with Crippen LogP contribution in [0, 0.1) is 0 Å². The van der Waals surface area contributed by atoms with Crippen molar-refractivity contribution < 1.29 is 14.3 Å². The number of carbonyl (C=O) groups is 2. The van der Waals surface area contributed by atoms with E-state index in [1.807, 2.05) is 19.1 Å². The minimum absolute atomic E-state index is 0.00738. The van der Waals surface area contributed by atoms with Crippen molar-refractivity contribution in [2.45, 2.75) is 19.8 Å². The molecule has 0 saturated carbocycles. The van der Waals surface area contributed by atoms with E-state index in [9.17, 15) is 9.59 Å². The summed E-state index contributed by atoms with van der Waals surface area (Å²) in [5.41, 5.74) is 2.52. The van der Waals surface area contributed by atoms with Crippen LogP contribution in [0.1, 0.15) is 30.1 Å². The molecule has 0 radical (unpaired) electrons. The smallest absolute Gasteiger partial charge is 0.337 e. The quantitative estimate of drug-likeness (QED) is 0.749. The van der Waals surface area contributed by atoms with Crippen LogP contribution < -0.4 is 10.6 Å². The average molecular weight is 347 g/mol. The molecule has 2 rings (SSSR count). The largest absolute Gasteiger partial charge is 0.465 e. The van der Waals surface area contributed by atoms with Gasteiger partial charge < -0.3 is 15.4 Å². The first-order chi connectivity index (χ1) is 11.5. The Hall–Kier alpha value is -2.53. The van der Waals surface area contributed by atoms with Crippen LogP contribution in [0.15, 0.2) is 42.5 Å². The average Bonchev–Trinajstić information content (AvgIpc) is 2.58. The second-order valence-corrected chi connectivity index (χ2v) is 5.59. The zero-order valence-corrected chi connectivity index (χ0v) is 14.3. The van der Waals surface area contributed by atoms with E-state index in [1.54, 1.807) is 30.3 Å². The van der Waals surface area contributed by atoms with Gasteiger partial charge in [0, 0.05) is 17.8 Å². The highest BCUT2D eigenvalue weighted by atomic mass is 35.5. The first-order valence-corrected chi connectivity index (χ1v) is 7.96. The molecular formula is C18H19ClN2O3. The Morgan fingerprint density at radius 3 is 2.38 bits per heavy atom. The van der Waals surface area contributed by atoms with Gasteiger partial charge in [-0.05, 0) is 48.9 Å². The van der Waals surface area contributed by atoms with Gasteiger partial charge in [0.05, 0.1) is 23.4 Å². The second kappa shape index (κ2) is 8.36. The monoisotopic (exact) mass is 346 g/mol. The minimum Gasteiger partial charge on any atom is -0.465 e. The zero-order chi connectivity index (χ0) is 17.5. The number of rotatable bonds is 6. The molecule has 0 aromatic heterocycles. The van der Waals surface area contributed by atoms with Crippen LogP contribution in [0.4, 0.5) is 17.1 Å². The van der Waals surface area contributed by atoms with Crippen LogP contribution in [0.5, 0.6) is 0 Å².